The van der Waals surface area contributed by atoms with Gasteiger partial charge >= 0.3 is 0 Å². The van der Waals surface area contributed by atoms with Gasteiger partial charge in [-0.15, -0.1) is 0 Å². The molecule has 4 unspecified atom stereocenters. The zero-order valence-electron chi connectivity index (χ0n) is 25.5. The molecule has 2 aromatic carbocycles. The van der Waals surface area contributed by atoms with Crippen LogP contribution in [0.15, 0.2) is 30.3 Å². The van der Waals surface area contributed by atoms with Gasteiger partial charge < -0.3 is 20.1 Å². The quantitative estimate of drug-likeness (QED) is 0.204. The van der Waals surface area contributed by atoms with Gasteiger partial charge in [0.25, 0.3) is 0 Å². The largest absolute Gasteiger partial charge is 0.373 e. The Balaban J connectivity index is 1.09. The molecule has 10 heteroatoms. The molecule has 4 N–H and O–H groups in total. The maximum Gasteiger partial charge on any atom is 0.132 e. The molecule has 2 aliphatic carbocycles. The monoisotopic (exact) mass is 620 g/mol. The Morgan fingerprint density at radius 2 is 1.59 bits per heavy atom. The van der Waals surface area contributed by atoms with E-state index in [4.69, 9.17) is 21.1 Å². The van der Waals surface area contributed by atoms with Gasteiger partial charge in [-0.1, -0.05) is 30.2 Å². The summed E-state index contributed by atoms with van der Waals surface area (Å²) in [6.07, 6.45) is 6.35. The van der Waals surface area contributed by atoms with Gasteiger partial charge in [0.05, 0.1) is 11.0 Å². The molecule has 4 atom stereocenters. The van der Waals surface area contributed by atoms with Crippen LogP contribution in [0.1, 0.15) is 55.3 Å². The van der Waals surface area contributed by atoms with E-state index in [1.165, 1.54) is 23.4 Å². The Morgan fingerprint density at radius 1 is 0.886 bits per heavy atom. The van der Waals surface area contributed by atoms with Crippen molar-refractivity contribution in [2.75, 3.05) is 39.9 Å². The summed E-state index contributed by atoms with van der Waals surface area (Å²) in [4.78, 5) is 0. The van der Waals surface area contributed by atoms with Crippen molar-refractivity contribution in [3.63, 3.8) is 0 Å². The van der Waals surface area contributed by atoms with Gasteiger partial charge in [0.2, 0.25) is 0 Å². The summed E-state index contributed by atoms with van der Waals surface area (Å²) in [7, 11) is 1.89. The van der Waals surface area contributed by atoms with Gasteiger partial charge in [-0.05, 0) is 68.2 Å². The molecule has 0 amide bonds. The molecule has 4 aliphatic rings. The summed E-state index contributed by atoms with van der Waals surface area (Å²) < 4.78 is 28.9. The molecule has 0 spiro atoms. The van der Waals surface area contributed by atoms with Crippen molar-refractivity contribution < 1.29 is 13.9 Å². The van der Waals surface area contributed by atoms with E-state index in [0.717, 1.165) is 80.4 Å². The molecule has 44 heavy (non-hydrogen) atoms. The third kappa shape index (κ3) is 4.23. The van der Waals surface area contributed by atoms with Gasteiger partial charge in [-0.25, -0.2) is 4.39 Å². The molecule has 4 heterocycles. The van der Waals surface area contributed by atoms with E-state index in [1.54, 1.807) is 6.07 Å². The van der Waals surface area contributed by atoms with Crippen LogP contribution >= 0.6 is 11.6 Å². The number of aromatic nitrogens is 4. The molecule has 2 saturated heterocycles. The number of piperidine rings is 2. The van der Waals surface area contributed by atoms with Crippen molar-refractivity contribution in [2.24, 2.45) is 29.6 Å². The number of aromatic amines is 2. The minimum Gasteiger partial charge on any atom is -0.373 e. The topological polar surface area (TPSA) is 99.9 Å². The Kier molecular flexibility index (Phi) is 7.26. The fraction of sp³-hybridized carbons (Fsp3) is 0.588. The maximum absolute atomic E-state index is 15.1. The Morgan fingerprint density at radius 3 is 2.32 bits per heavy atom. The maximum atomic E-state index is 15.1. The number of ether oxygens (including phenoxy) is 2. The number of aryl methyl sites for hydroxylation is 1. The smallest absolute Gasteiger partial charge is 0.132 e. The summed E-state index contributed by atoms with van der Waals surface area (Å²) >= 11 is 6.67. The molecular weight excluding hydrogens is 579 g/mol. The van der Waals surface area contributed by atoms with Gasteiger partial charge in [0.1, 0.15) is 22.2 Å². The van der Waals surface area contributed by atoms with Crippen molar-refractivity contribution in [3.05, 3.63) is 58.1 Å². The van der Waals surface area contributed by atoms with Crippen LogP contribution in [-0.4, -0.2) is 60.3 Å². The molecular formula is C34H42ClFN6O2. The second-order valence-electron chi connectivity index (χ2n) is 13.7. The average molecular weight is 621 g/mol. The Hall–Kier alpha value is -2.56. The predicted octanol–water partition coefficient (Wildman–Crippen LogP) is 5.95. The third-order valence-corrected chi connectivity index (χ3v) is 12.0. The number of rotatable bonds is 7. The first-order valence-electron chi connectivity index (χ1n) is 16.3. The minimum atomic E-state index is -0.589. The SMILES string of the molecule is COC1(c2cccc3n[nH]c(C)c23)C2CNCC1CC(CCOC1(c3cc(F)cc4n[nH]c(Cl)c34)C3CCCC1CNC3)C2. The lowest BCUT2D eigenvalue weighted by atomic mass is 9.59. The molecule has 2 aliphatic heterocycles. The van der Waals surface area contributed by atoms with Crippen LogP contribution in [0.25, 0.3) is 21.8 Å². The van der Waals surface area contributed by atoms with Gasteiger partial charge in [-0.2, -0.15) is 10.2 Å². The van der Waals surface area contributed by atoms with Crippen LogP contribution in [0, 0.1) is 42.3 Å². The minimum absolute atomic E-state index is 0.251. The van der Waals surface area contributed by atoms with E-state index >= 15 is 4.39 Å². The fourth-order valence-electron chi connectivity index (χ4n) is 10.0. The molecule has 4 aromatic rings. The van der Waals surface area contributed by atoms with E-state index in [9.17, 15) is 0 Å². The van der Waals surface area contributed by atoms with Crippen LogP contribution in [0.2, 0.25) is 5.15 Å². The van der Waals surface area contributed by atoms with Gasteiger partial charge in [0.15, 0.2) is 0 Å². The zero-order chi connectivity index (χ0) is 30.1. The number of halogens is 2. The number of hydrogen-bond donors (Lipinski definition) is 4. The lowest BCUT2D eigenvalue weighted by Gasteiger charge is -2.55. The van der Waals surface area contributed by atoms with E-state index in [-0.39, 0.29) is 23.3 Å². The number of H-pyrrole nitrogens is 2. The normalized spacial score (nSPS) is 33.7. The van der Waals surface area contributed by atoms with Crippen LogP contribution in [0.4, 0.5) is 4.39 Å². The van der Waals surface area contributed by atoms with Crippen molar-refractivity contribution in [3.8, 4) is 0 Å². The van der Waals surface area contributed by atoms with Crippen molar-refractivity contribution in [1.82, 2.24) is 31.0 Å². The fourth-order valence-corrected chi connectivity index (χ4v) is 10.2. The van der Waals surface area contributed by atoms with E-state index < -0.39 is 5.60 Å². The Labute approximate surface area is 262 Å². The molecule has 4 bridgehead atoms. The van der Waals surface area contributed by atoms with E-state index in [0.29, 0.717) is 35.0 Å². The average Bonchev–Trinajstić information content (AvgIpc) is 3.57. The molecule has 4 fully saturated rings. The lowest BCUT2D eigenvalue weighted by molar-refractivity contribution is -0.176. The molecule has 234 valence electrons. The van der Waals surface area contributed by atoms with Crippen LogP contribution in [-0.2, 0) is 20.7 Å². The number of fused-ring (bicyclic) bond motifs is 6. The van der Waals surface area contributed by atoms with E-state index in [2.05, 4.69) is 56.2 Å². The highest BCUT2D eigenvalue weighted by molar-refractivity contribution is 6.34. The van der Waals surface area contributed by atoms with Crippen molar-refractivity contribution in [2.45, 2.75) is 56.7 Å². The molecule has 8 nitrogen and oxygen atoms in total. The third-order valence-electron chi connectivity index (χ3n) is 11.7. The van der Waals surface area contributed by atoms with Crippen molar-refractivity contribution in [1.29, 1.82) is 0 Å². The lowest BCUT2D eigenvalue weighted by Crippen LogP contribution is -2.60. The predicted molar refractivity (Wildman–Crippen MR) is 169 cm³/mol. The number of nitrogens with one attached hydrogen (secondary N) is 4. The van der Waals surface area contributed by atoms with Gasteiger partial charge in [0, 0.05) is 86.1 Å². The molecule has 2 saturated carbocycles. The number of nitrogens with zero attached hydrogens (tertiary/aromatic N) is 2. The first kappa shape index (κ1) is 28.9. The first-order chi connectivity index (χ1) is 21.5. The highest BCUT2D eigenvalue weighted by Gasteiger charge is 2.56. The van der Waals surface area contributed by atoms with Crippen LogP contribution in [0.5, 0.6) is 0 Å². The van der Waals surface area contributed by atoms with Crippen LogP contribution < -0.4 is 10.6 Å². The van der Waals surface area contributed by atoms with Crippen molar-refractivity contribution >= 4 is 33.4 Å². The standard InChI is InChI=1S/C34H42ClFN6O2/c1-19-30-26(7-4-8-28(30)40-39-19)33(43-2)23-11-20(12-24(33)18-38-17-23)9-10-44-34(21-5-3-6-22(34)16-37-15-21)27-13-25(36)14-29-31(27)32(35)42-41-29/h4,7-8,13-14,20-24,37-38H,3,5-6,9-12,15-18H2,1-2H3,(H,39,40)(H,41,42). The van der Waals surface area contributed by atoms with Gasteiger partial charge in [-0.3, -0.25) is 10.2 Å². The highest BCUT2D eigenvalue weighted by atomic mass is 35.5. The molecule has 0 radical (unpaired) electrons. The summed E-state index contributed by atoms with van der Waals surface area (Å²) in [6, 6.07) is 9.59. The summed E-state index contributed by atoms with van der Waals surface area (Å²) in [5, 5.41) is 24.8. The summed E-state index contributed by atoms with van der Waals surface area (Å²) in [5.41, 5.74) is 3.85. The number of hydrogen-bond acceptors (Lipinski definition) is 6. The highest BCUT2D eigenvalue weighted by Crippen LogP contribution is 2.55. The van der Waals surface area contributed by atoms with E-state index in [1.807, 2.05) is 7.11 Å². The number of benzene rings is 2. The summed E-state index contributed by atoms with van der Waals surface area (Å²) in [6.45, 7) is 6.31. The summed E-state index contributed by atoms with van der Waals surface area (Å²) in [5.74, 6) is 1.40. The Bertz CT molecular complexity index is 1650. The second kappa shape index (κ2) is 11.1. The molecule has 8 rings (SSSR count). The first-order valence-corrected chi connectivity index (χ1v) is 16.7. The number of methoxy groups -OCH3 is 1. The molecule has 2 aromatic heterocycles. The zero-order valence-corrected chi connectivity index (χ0v) is 26.3. The second-order valence-corrected chi connectivity index (χ2v) is 14.1. The van der Waals surface area contributed by atoms with Crippen LogP contribution in [0.3, 0.4) is 0 Å².